The van der Waals surface area contributed by atoms with Crippen LogP contribution in [0.3, 0.4) is 0 Å². The van der Waals surface area contributed by atoms with Gasteiger partial charge in [0.2, 0.25) is 6.43 Å². The molecule has 0 saturated heterocycles. The maximum absolute atomic E-state index is 13.0. The zero-order valence-electron chi connectivity index (χ0n) is 10.6. The highest BCUT2D eigenvalue weighted by atomic mass is 19.3. The van der Waals surface area contributed by atoms with E-state index in [4.69, 9.17) is 0 Å². The monoisotopic (exact) mass is 239 g/mol. The van der Waals surface area contributed by atoms with Crippen molar-refractivity contribution in [3.63, 3.8) is 0 Å². The Morgan fingerprint density at radius 2 is 2.00 bits per heavy atom. The van der Waals surface area contributed by atoms with Gasteiger partial charge in [-0.25, -0.2) is 8.78 Å². The number of halogens is 2. The first-order valence-electron chi connectivity index (χ1n) is 6.02. The largest absolute Gasteiger partial charge is 0.312 e. The fourth-order valence-electron chi connectivity index (χ4n) is 2.54. The molecule has 1 aromatic rings. The Hall–Kier alpha value is -0.960. The van der Waals surface area contributed by atoms with E-state index in [1.54, 1.807) is 0 Å². The van der Waals surface area contributed by atoms with Crippen molar-refractivity contribution in [2.75, 3.05) is 6.54 Å². The molecule has 0 aliphatic carbocycles. The van der Waals surface area contributed by atoms with E-state index in [2.05, 4.69) is 26.1 Å². The van der Waals surface area contributed by atoms with Gasteiger partial charge in [-0.05, 0) is 22.1 Å². The van der Waals surface area contributed by atoms with E-state index in [1.165, 1.54) is 5.56 Å². The fraction of sp³-hybridized carbons (Fsp3) is 0.571. The molecule has 0 bridgehead atoms. The highest BCUT2D eigenvalue weighted by Crippen LogP contribution is 2.35. The Bertz CT molecular complexity index is 407. The summed E-state index contributed by atoms with van der Waals surface area (Å²) in [6, 6.07) is 5.80. The van der Waals surface area contributed by atoms with Crippen molar-refractivity contribution in [1.82, 2.24) is 5.32 Å². The number of benzene rings is 1. The molecule has 0 radical (unpaired) electrons. The summed E-state index contributed by atoms with van der Waals surface area (Å²) in [4.78, 5) is 0. The van der Waals surface area contributed by atoms with Gasteiger partial charge in [-0.15, -0.1) is 0 Å². The molecule has 1 aliphatic rings. The summed E-state index contributed by atoms with van der Waals surface area (Å²) in [6.07, 6.45) is -2.29. The first kappa shape index (κ1) is 12.5. The van der Waals surface area contributed by atoms with E-state index in [0.29, 0.717) is 13.1 Å². The lowest BCUT2D eigenvalue weighted by Crippen LogP contribution is -2.34. The van der Waals surface area contributed by atoms with E-state index in [-0.39, 0.29) is 5.41 Å². The van der Waals surface area contributed by atoms with Crippen LogP contribution in [0.5, 0.6) is 0 Å². The lowest BCUT2D eigenvalue weighted by Gasteiger charge is -2.31. The molecule has 0 fully saturated rings. The second-order valence-corrected chi connectivity index (χ2v) is 5.70. The normalized spacial score (nSPS) is 20.5. The topological polar surface area (TPSA) is 12.0 Å². The van der Waals surface area contributed by atoms with Crippen LogP contribution >= 0.6 is 0 Å². The first-order chi connectivity index (χ1) is 7.91. The van der Waals surface area contributed by atoms with Crippen LogP contribution in [-0.4, -0.2) is 13.0 Å². The zero-order chi connectivity index (χ0) is 12.6. The molecule has 0 aromatic heterocycles. The second-order valence-electron chi connectivity index (χ2n) is 5.70. The number of fused-ring (bicyclic) bond motifs is 1. The Labute approximate surface area is 101 Å². The van der Waals surface area contributed by atoms with Gasteiger partial charge < -0.3 is 5.32 Å². The van der Waals surface area contributed by atoms with Crippen molar-refractivity contribution >= 4 is 0 Å². The predicted octanol–water partition coefficient (Wildman–Crippen LogP) is 3.44. The molecule has 0 amide bonds. The Morgan fingerprint density at radius 1 is 1.29 bits per heavy atom. The molecule has 0 spiro atoms. The molecule has 1 heterocycles. The molecule has 0 saturated carbocycles. The van der Waals surface area contributed by atoms with Crippen LogP contribution < -0.4 is 5.32 Å². The lowest BCUT2D eigenvalue weighted by molar-refractivity contribution is 0.109. The average molecular weight is 239 g/mol. The minimum absolute atomic E-state index is 0.00294. The van der Waals surface area contributed by atoms with Crippen molar-refractivity contribution in [2.24, 2.45) is 0 Å². The maximum atomic E-state index is 13.0. The maximum Gasteiger partial charge on any atom is 0.246 e. The molecule has 1 nitrogen and oxygen atoms in total. The van der Waals surface area contributed by atoms with Crippen molar-refractivity contribution in [1.29, 1.82) is 0 Å². The SMILES string of the molecule is CC(C)(C)c1cccc2c1CNC[C@H]2C(F)F. The van der Waals surface area contributed by atoms with Crippen LogP contribution in [0.4, 0.5) is 8.78 Å². The van der Waals surface area contributed by atoms with E-state index in [9.17, 15) is 8.78 Å². The van der Waals surface area contributed by atoms with E-state index in [0.717, 1.165) is 11.1 Å². The number of nitrogens with one attached hydrogen (secondary N) is 1. The molecule has 3 heteroatoms. The molecule has 1 aromatic carbocycles. The molecule has 2 rings (SSSR count). The summed E-state index contributed by atoms with van der Waals surface area (Å²) in [6.45, 7) is 7.43. The van der Waals surface area contributed by atoms with Crippen molar-refractivity contribution in [3.8, 4) is 0 Å². The molecule has 94 valence electrons. The Morgan fingerprint density at radius 3 is 2.59 bits per heavy atom. The summed E-state index contributed by atoms with van der Waals surface area (Å²) in [7, 11) is 0. The average Bonchev–Trinajstić information content (AvgIpc) is 2.26. The second kappa shape index (κ2) is 4.37. The number of rotatable bonds is 1. The third kappa shape index (κ3) is 2.34. The number of alkyl halides is 2. The molecular weight excluding hydrogens is 220 g/mol. The van der Waals surface area contributed by atoms with Gasteiger partial charge in [0.05, 0.1) is 5.92 Å². The zero-order valence-corrected chi connectivity index (χ0v) is 10.6. The van der Waals surface area contributed by atoms with Crippen LogP contribution in [0, 0.1) is 0 Å². The summed E-state index contributed by atoms with van der Waals surface area (Å²) in [5.74, 6) is -0.666. The fourth-order valence-corrected chi connectivity index (χ4v) is 2.54. The van der Waals surface area contributed by atoms with Crippen LogP contribution in [0.1, 0.15) is 43.4 Å². The Kier molecular flexibility index (Phi) is 3.21. The van der Waals surface area contributed by atoms with Crippen LogP contribution in [0.25, 0.3) is 0 Å². The van der Waals surface area contributed by atoms with E-state index >= 15 is 0 Å². The van der Waals surface area contributed by atoms with E-state index in [1.807, 2.05) is 18.2 Å². The van der Waals surface area contributed by atoms with Crippen molar-refractivity contribution < 1.29 is 8.78 Å². The standard InChI is InChI=1S/C14H19F2N/c1-14(2,3)12-6-4-5-9-10(12)7-17-8-11(9)13(15)16/h4-6,11,13,17H,7-8H2,1-3H3/t11-/m1/s1. The molecule has 0 unspecified atom stereocenters. The van der Waals surface area contributed by atoms with Crippen LogP contribution in [-0.2, 0) is 12.0 Å². The summed E-state index contributed by atoms with van der Waals surface area (Å²) in [5, 5.41) is 3.10. The van der Waals surface area contributed by atoms with Gasteiger partial charge >= 0.3 is 0 Å². The van der Waals surface area contributed by atoms with Gasteiger partial charge in [-0.2, -0.15) is 0 Å². The quantitative estimate of drug-likeness (QED) is 0.791. The van der Waals surface area contributed by atoms with Gasteiger partial charge in [-0.1, -0.05) is 39.0 Å². The third-order valence-corrected chi connectivity index (χ3v) is 3.39. The molecular formula is C14H19F2N. The number of hydrogen-bond donors (Lipinski definition) is 1. The molecule has 1 aliphatic heterocycles. The molecule has 17 heavy (non-hydrogen) atoms. The van der Waals surface area contributed by atoms with Gasteiger partial charge in [0.25, 0.3) is 0 Å². The predicted molar refractivity (Wildman–Crippen MR) is 65.6 cm³/mol. The van der Waals surface area contributed by atoms with Crippen LogP contribution in [0.2, 0.25) is 0 Å². The summed E-state index contributed by atoms with van der Waals surface area (Å²) >= 11 is 0. The lowest BCUT2D eigenvalue weighted by atomic mass is 9.78. The highest BCUT2D eigenvalue weighted by Gasteiger charge is 2.30. The minimum atomic E-state index is -2.29. The van der Waals surface area contributed by atoms with Crippen molar-refractivity contribution in [2.45, 2.75) is 45.1 Å². The molecule has 1 N–H and O–H groups in total. The number of hydrogen-bond acceptors (Lipinski definition) is 1. The van der Waals surface area contributed by atoms with Gasteiger partial charge in [0.15, 0.2) is 0 Å². The van der Waals surface area contributed by atoms with Gasteiger partial charge in [0.1, 0.15) is 0 Å². The van der Waals surface area contributed by atoms with Gasteiger partial charge in [0, 0.05) is 13.1 Å². The van der Waals surface area contributed by atoms with Crippen molar-refractivity contribution in [3.05, 3.63) is 34.9 Å². The third-order valence-electron chi connectivity index (χ3n) is 3.39. The Balaban J connectivity index is 2.51. The van der Waals surface area contributed by atoms with Crippen LogP contribution in [0.15, 0.2) is 18.2 Å². The van der Waals surface area contributed by atoms with E-state index < -0.39 is 12.3 Å². The smallest absolute Gasteiger partial charge is 0.246 e. The first-order valence-corrected chi connectivity index (χ1v) is 6.02. The summed E-state index contributed by atoms with van der Waals surface area (Å²) in [5.41, 5.74) is 3.06. The summed E-state index contributed by atoms with van der Waals surface area (Å²) < 4.78 is 26.0. The molecule has 1 atom stereocenters. The minimum Gasteiger partial charge on any atom is -0.312 e. The highest BCUT2D eigenvalue weighted by molar-refractivity contribution is 5.42. The van der Waals surface area contributed by atoms with Gasteiger partial charge in [-0.3, -0.25) is 0 Å².